The van der Waals surface area contributed by atoms with E-state index >= 15 is 0 Å². The molecule has 2 saturated heterocycles. The number of aryl methyl sites for hydroxylation is 1. The Labute approximate surface area is 426 Å². The molecule has 4 aromatic carbocycles. The summed E-state index contributed by atoms with van der Waals surface area (Å²) < 4.78 is 19.7. The highest BCUT2D eigenvalue weighted by molar-refractivity contribution is 6.33. The highest BCUT2D eigenvalue weighted by Gasteiger charge is 2.38. The molecule has 0 bridgehead atoms. The first-order chi connectivity index (χ1) is 33.9. The van der Waals surface area contributed by atoms with Crippen molar-refractivity contribution in [3.63, 3.8) is 0 Å². The van der Waals surface area contributed by atoms with Crippen LogP contribution in [0.2, 0.25) is 5.02 Å². The maximum Gasteiger partial charge on any atom is 0.255 e. The van der Waals surface area contributed by atoms with Crippen molar-refractivity contribution in [3.8, 4) is 5.75 Å². The molecule has 1 atom stereocenters. The molecule has 3 aliphatic rings. The number of hydrogen-bond acceptors (Lipinski definition) is 8. The number of halogens is 2. The summed E-state index contributed by atoms with van der Waals surface area (Å²) in [5.74, 6) is 0.602. The molecule has 3 aliphatic heterocycles. The van der Waals surface area contributed by atoms with Crippen LogP contribution in [0.3, 0.4) is 0 Å². The lowest BCUT2D eigenvalue weighted by molar-refractivity contribution is -0.133. The number of carbonyl (C=O) groups excluding carboxylic acids is 3. The normalized spacial score (nSPS) is 16.6. The van der Waals surface area contributed by atoms with Gasteiger partial charge in [0.25, 0.3) is 5.91 Å². The molecule has 1 unspecified atom stereocenters. The molecule has 0 saturated carbocycles. The number of hydrogen-bond donors (Lipinski definition) is 4. The summed E-state index contributed by atoms with van der Waals surface area (Å²) in [5.41, 5.74) is 10.4. The monoisotopic (exact) mass is 992 g/mol. The summed E-state index contributed by atoms with van der Waals surface area (Å²) in [6.07, 6.45) is 5.09. The summed E-state index contributed by atoms with van der Waals surface area (Å²) in [7, 11) is 1.86. The molecule has 0 spiro atoms. The number of nitrogens with one attached hydrogen (secondary N) is 2. The van der Waals surface area contributed by atoms with Crippen LogP contribution < -0.4 is 15.4 Å². The van der Waals surface area contributed by atoms with E-state index < -0.39 is 6.29 Å². The van der Waals surface area contributed by atoms with Crippen LogP contribution in [0.25, 0.3) is 21.9 Å². The molecule has 11 nitrogen and oxygen atoms in total. The number of fused-ring (bicyclic) bond motifs is 2. The standard InChI is InChI=1S/C31H35ClFNO3.C15H16N2O2.C12H24N2O/c1-18(2)29(21(5)34-6)30-19(3)25(14-15-27(30)32)24(20(4)31(35)36)10-8-16-37-28-11-7-9-22-17-23(33)12-13-26(22)28;1-9-4-3-5-11-12(9)8-17(15(11)19)13-7-6-10(2)16-14(13)18;1-3-5-6-12(15)14-10-8-13(7-4-2)9-11-14/h7,9,11-15,17,31,34-36H,1,8,10,16H2,2-6H3;3-5,13H,2,6-8H2,1H3,(H,16,18);3-11H2,1-2H3/b24-20+,29-21+;;. The van der Waals surface area contributed by atoms with Gasteiger partial charge < -0.3 is 35.4 Å². The maximum absolute atomic E-state index is 13.6. The molecular formula is C58H75ClFN5O6. The van der Waals surface area contributed by atoms with Crippen LogP contribution in [-0.2, 0) is 16.1 Å². The predicted molar refractivity (Wildman–Crippen MR) is 286 cm³/mol. The average Bonchev–Trinajstić information content (AvgIpc) is 3.68. The van der Waals surface area contributed by atoms with E-state index in [0.29, 0.717) is 54.7 Å². The summed E-state index contributed by atoms with van der Waals surface area (Å²) >= 11 is 6.68. The molecule has 3 heterocycles. The van der Waals surface area contributed by atoms with Crippen molar-refractivity contribution >= 4 is 51.2 Å². The van der Waals surface area contributed by atoms with E-state index in [-0.39, 0.29) is 23.7 Å². The third-order valence-electron chi connectivity index (χ3n) is 13.6. The van der Waals surface area contributed by atoms with Crippen LogP contribution in [0.15, 0.2) is 102 Å². The zero-order valence-electron chi connectivity index (χ0n) is 43.2. The van der Waals surface area contributed by atoms with E-state index in [1.807, 2.05) is 88.2 Å². The first kappa shape index (κ1) is 56.1. The highest BCUT2D eigenvalue weighted by atomic mass is 35.5. The molecule has 382 valence electrons. The van der Waals surface area contributed by atoms with E-state index in [2.05, 4.69) is 42.5 Å². The Hall–Kier alpha value is -5.79. The molecule has 4 N–H and O–H groups in total. The molecule has 4 aromatic rings. The van der Waals surface area contributed by atoms with Crippen molar-refractivity contribution in [1.29, 1.82) is 0 Å². The third kappa shape index (κ3) is 14.4. The summed E-state index contributed by atoms with van der Waals surface area (Å²) in [6, 6.07) is 19.3. The van der Waals surface area contributed by atoms with Crippen molar-refractivity contribution in [2.24, 2.45) is 0 Å². The first-order valence-electron chi connectivity index (χ1n) is 25.0. The van der Waals surface area contributed by atoms with Crippen LogP contribution in [0.1, 0.15) is 124 Å². The molecule has 0 aliphatic carbocycles. The smallest absolute Gasteiger partial charge is 0.255 e. The second kappa shape index (κ2) is 26.6. The van der Waals surface area contributed by atoms with Crippen LogP contribution in [0.5, 0.6) is 5.75 Å². The lowest BCUT2D eigenvalue weighted by Crippen LogP contribution is -2.49. The Morgan fingerprint density at radius 1 is 0.958 bits per heavy atom. The van der Waals surface area contributed by atoms with Gasteiger partial charge in [-0.05, 0) is 160 Å². The van der Waals surface area contributed by atoms with Crippen LogP contribution in [-0.4, -0.2) is 101 Å². The predicted octanol–water partition coefficient (Wildman–Crippen LogP) is 10.9. The SMILES string of the molecule is C=C(C)/C(=C(/C)NC)c1c(Cl)ccc(/C(CCCOc2cccc3cc(F)ccc23)=C(\C)C(O)O)c1C.C=C1CCC(N2Cc3c(C)cccc3C2=O)C(=O)N1.CCCCC(=O)N1CCN(CCC)CC1. The summed E-state index contributed by atoms with van der Waals surface area (Å²) in [6.45, 7) is 28.0. The van der Waals surface area contributed by atoms with E-state index in [9.17, 15) is 29.0 Å². The fraction of sp³-hybridized carbons (Fsp3) is 0.431. The van der Waals surface area contributed by atoms with Gasteiger partial charge in [-0.3, -0.25) is 19.3 Å². The Morgan fingerprint density at radius 2 is 1.68 bits per heavy atom. The van der Waals surface area contributed by atoms with Gasteiger partial charge in [-0.15, -0.1) is 0 Å². The van der Waals surface area contributed by atoms with Gasteiger partial charge in [0.05, 0.1) is 6.61 Å². The molecule has 3 amide bonds. The largest absolute Gasteiger partial charge is 0.493 e. The molecule has 71 heavy (non-hydrogen) atoms. The van der Waals surface area contributed by atoms with E-state index in [0.717, 1.165) is 124 Å². The van der Waals surface area contributed by atoms with Gasteiger partial charge in [0.1, 0.15) is 17.6 Å². The fourth-order valence-corrected chi connectivity index (χ4v) is 9.78. The van der Waals surface area contributed by atoms with Crippen LogP contribution in [0.4, 0.5) is 4.39 Å². The highest BCUT2D eigenvalue weighted by Crippen LogP contribution is 2.39. The average molecular weight is 993 g/mol. The quantitative estimate of drug-likeness (QED) is 0.0495. The number of carbonyl (C=O) groups is 3. The minimum Gasteiger partial charge on any atom is -0.493 e. The van der Waals surface area contributed by atoms with Gasteiger partial charge in [-0.25, -0.2) is 4.39 Å². The van der Waals surface area contributed by atoms with Crippen molar-refractivity contribution in [2.45, 2.75) is 119 Å². The number of benzene rings is 4. The van der Waals surface area contributed by atoms with Crippen molar-refractivity contribution in [2.75, 3.05) is 46.4 Å². The van der Waals surface area contributed by atoms with Crippen molar-refractivity contribution in [1.82, 2.24) is 25.3 Å². The molecule has 0 aromatic heterocycles. The lowest BCUT2D eigenvalue weighted by atomic mass is 9.86. The van der Waals surface area contributed by atoms with Crippen molar-refractivity contribution in [3.05, 3.63) is 147 Å². The minimum absolute atomic E-state index is 0.0358. The Kier molecular flexibility index (Phi) is 21.0. The lowest BCUT2D eigenvalue weighted by Gasteiger charge is -2.34. The van der Waals surface area contributed by atoms with Gasteiger partial charge in [0.15, 0.2) is 6.29 Å². The van der Waals surface area contributed by atoms with Gasteiger partial charge in [0.2, 0.25) is 11.8 Å². The number of unbranched alkanes of at least 4 members (excludes halogenated alkanes) is 1. The summed E-state index contributed by atoms with van der Waals surface area (Å²) in [5, 5.41) is 28.2. The maximum atomic E-state index is 13.6. The number of piperazine rings is 1. The number of nitrogens with zero attached hydrogens (tertiary/aromatic N) is 3. The fourth-order valence-electron chi connectivity index (χ4n) is 9.48. The second-order valence-corrected chi connectivity index (χ2v) is 19.1. The number of aliphatic hydroxyl groups is 2. The number of allylic oxidation sites excluding steroid dienone is 5. The van der Waals surface area contributed by atoms with Gasteiger partial charge in [-0.1, -0.05) is 75.4 Å². The van der Waals surface area contributed by atoms with E-state index in [4.69, 9.17) is 16.3 Å². The molecule has 13 heteroatoms. The number of piperidine rings is 1. The second-order valence-electron chi connectivity index (χ2n) is 18.7. The van der Waals surface area contributed by atoms with Gasteiger partial charge in [0, 0.05) is 84.7 Å². The zero-order chi connectivity index (χ0) is 51.9. The number of amides is 3. The third-order valence-corrected chi connectivity index (χ3v) is 13.9. The molecule has 2 fully saturated rings. The number of rotatable bonds is 16. The van der Waals surface area contributed by atoms with Crippen LogP contribution >= 0.6 is 11.6 Å². The minimum atomic E-state index is -1.59. The summed E-state index contributed by atoms with van der Waals surface area (Å²) in [4.78, 5) is 42.3. The molecule has 7 rings (SSSR count). The zero-order valence-corrected chi connectivity index (χ0v) is 43.9. The number of aliphatic hydroxyl groups excluding tert-OH is 1. The Morgan fingerprint density at radius 3 is 2.31 bits per heavy atom. The van der Waals surface area contributed by atoms with E-state index in [1.54, 1.807) is 17.9 Å². The topological polar surface area (TPSA) is 135 Å². The van der Waals surface area contributed by atoms with Gasteiger partial charge in [-0.2, -0.15) is 0 Å². The first-order valence-corrected chi connectivity index (χ1v) is 25.4. The Balaban J connectivity index is 0.000000227. The molecule has 0 radical (unpaired) electrons. The van der Waals surface area contributed by atoms with Crippen LogP contribution in [0, 0.1) is 19.7 Å². The van der Waals surface area contributed by atoms with Gasteiger partial charge >= 0.3 is 0 Å². The van der Waals surface area contributed by atoms with E-state index in [1.165, 1.54) is 25.1 Å². The van der Waals surface area contributed by atoms with Crippen molar-refractivity contribution < 1.29 is 33.7 Å². The Bertz CT molecular complexity index is 2630. The number of ether oxygens (including phenoxy) is 1. The molecular weight excluding hydrogens is 917 g/mol.